The first-order valence-electron chi connectivity index (χ1n) is 6.36. The first kappa shape index (κ1) is 15.1. The Morgan fingerprint density at radius 1 is 1.45 bits per heavy atom. The van der Waals surface area contributed by atoms with Gasteiger partial charge in [-0.2, -0.15) is 0 Å². The highest BCUT2D eigenvalue weighted by molar-refractivity contribution is 7.99. The van der Waals surface area contributed by atoms with Crippen molar-refractivity contribution >= 4 is 23.4 Å². The fraction of sp³-hybridized carbons (Fsp3) is 0.286. The molecule has 1 atom stereocenters. The highest BCUT2D eigenvalue weighted by atomic mass is 35.5. The molecule has 0 aliphatic heterocycles. The number of nitrogens with zero attached hydrogens (tertiary/aromatic N) is 1. The van der Waals surface area contributed by atoms with E-state index in [9.17, 15) is 4.79 Å². The molecule has 0 radical (unpaired) electrons. The van der Waals surface area contributed by atoms with Gasteiger partial charge >= 0.3 is 0 Å². The standard InChI is InChI=1S/C14H16ClN3OS/c1-2-10(16)8-9-4-3-5-11(15)13(9)20-14-17-7-6-12(19)18-14/h3-7,10H,2,8,16H2,1H3,(H,17,18,19). The summed E-state index contributed by atoms with van der Waals surface area (Å²) in [6.07, 6.45) is 3.13. The molecule has 1 aromatic carbocycles. The van der Waals surface area contributed by atoms with Crippen molar-refractivity contribution in [3.8, 4) is 0 Å². The summed E-state index contributed by atoms with van der Waals surface area (Å²) in [5.41, 5.74) is 6.91. The summed E-state index contributed by atoms with van der Waals surface area (Å²) in [5, 5.41) is 1.17. The number of aromatic amines is 1. The van der Waals surface area contributed by atoms with E-state index in [-0.39, 0.29) is 11.6 Å². The number of H-pyrrole nitrogens is 1. The lowest BCUT2D eigenvalue weighted by Gasteiger charge is -2.13. The summed E-state index contributed by atoms with van der Waals surface area (Å²) in [6.45, 7) is 2.05. The summed E-state index contributed by atoms with van der Waals surface area (Å²) in [6, 6.07) is 7.21. The molecule has 0 saturated carbocycles. The molecule has 1 heterocycles. The Labute approximate surface area is 126 Å². The van der Waals surface area contributed by atoms with E-state index >= 15 is 0 Å². The van der Waals surface area contributed by atoms with Crippen molar-refractivity contribution in [3.63, 3.8) is 0 Å². The zero-order valence-corrected chi connectivity index (χ0v) is 12.7. The molecule has 0 spiro atoms. The molecule has 20 heavy (non-hydrogen) atoms. The summed E-state index contributed by atoms with van der Waals surface area (Å²) in [7, 11) is 0. The molecule has 106 valence electrons. The Balaban J connectivity index is 2.32. The van der Waals surface area contributed by atoms with Crippen LogP contribution in [-0.4, -0.2) is 16.0 Å². The Bertz CT molecular complexity index is 644. The van der Waals surface area contributed by atoms with Crippen LogP contribution in [-0.2, 0) is 6.42 Å². The van der Waals surface area contributed by atoms with Crippen LogP contribution in [0.3, 0.4) is 0 Å². The molecule has 0 aliphatic carbocycles. The summed E-state index contributed by atoms with van der Waals surface area (Å²) < 4.78 is 0. The van der Waals surface area contributed by atoms with Gasteiger partial charge in [0.1, 0.15) is 0 Å². The van der Waals surface area contributed by atoms with Gasteiger partial charge in [0.05, 0.1) is 5.02 Å². The SMILES string of the molecule is CCC(N)Cc1cccc(Cl)c1Sc1nccc(=O)[nH]1. The third-order valence-electron chi connectivity index (χ3n) is 2.90. The topological polar surface area (TPSA) is 71.8 Å². The zero-order chi connectivity index (χ0) is 14.5. The van der Waals surface area contributed by atoms with Gasteiger partial charge in [-0.1, -0.05) is 30.7 Å². The van der Waals surface area contributed by atoms with Crippen molar-refractivity contribution in [2.75, 3.05) is 0 Å². The first-order chi connectivity index (χ1) is 9.60. The fourth-order valence-corrected chi connectivity index (χ4v) is 2.97. The van der Waals surface area contributed by atoms with Crippen molar-refractivity contribution in [2.24, 2.45) is 5.73 Å². The highest BCUT2D eigenvalue weighted by Gasteiger charge is 2.12. The predicted octanol–water partition coefficient (Wildman–Crippen LogP) is 2.85. The molecule has 2 rings (SSSR count). The monoisotopic (exact) mass is 309 g/mol. The Morgan fingerprint density at radius 3 is 2.95 bits per heavy atom. The third kappa shape index (κ3) is 3.85. The number of rotatable bonds is 5. The van der Waals surface area contributed by atoms with Gasteiger partial charge in [-0.3, -0.25) is 4.79 Å². The van der Waals surface area contributed by atoms with Crippen LogP contribution in [0.15, 0.2) is 45.3 Å². The lowest BCUT2D eigenvalue weighted by Crippen LogP contribution is -2.21. The van der Waals surface area contributed by atoms with Gasteiger partial charge in [0, 0.05) is 23.2 Å². The lowest BCUT2D eigenvalue weighted by atomic mass is 10.0. The maximum absolute atomic E-state index is 11.3. The third-order valence-corrected chi connectivity index (χ3v) is 4.42. The first-order valence-corrected chi connectivity index (χ1v) is 7.55. The van der Waals surface area contributed by atoms with Gasteiger partial charge in [-0.25, -0.2) is 4.98 Å². The minimum Gasteiger partial charge on any atom is -0.327 e. The normalized spacial score (nSPS) is 12.3. The maximum Gasteiger partial charge on any atom is 0.251 e. The van der Waals surface area contributed by atoms with E-state index in [4.69, 9.17) is 17.3 Å². The van der Waals surface area contributed by atoms with E-state index in [1.54, 1.807) is 0 Å². The van der Waals surface area contributed by atoms with E-state index in [0.29, 0.717) is 10.2 Å². The average molecular weight is 310 g/mol. The van der Waals surface area contributed by atoms with Crippen LogP contribution in [0.1, 0.15) is 18.9 Å². The Hall–Kier alpha value is -1.30. The van der Waals surface area contributed by atoms with Crippen LogP contribution in [0.2, 0.25) is 5.02 Å². The van der Waals surface area contributed by atoms with Crippen molar-refractivity contribution in [2.45, 2.75) is 35.9 Å². The maximum atomic E-state index is 11.3. The fourth-order valence-electron chi connectivity index (χ4n) is 1.76. The van der Waals surface area contributed by atoms with Crippen LogP contribution in [0.5, 0.6) is 0 Å². The molecule has 2 aromatic rings. The number of hydrogen-bond donors (Lipinski definition) is 2. The molecule has 0 saturated heterocycles. The van der Waals surface area contributed by atoms with Crippen molar-refractivity contribution < 1.29 is 0 Å². The average Bonchev–Trinajstić information content (AvgIpc) is 2.42. The van der Waals surface area contributed by atoms with Crippen LogP contribution < -0.4 is 11.3 Å². The minimum atomic E-state index is -0.179. The number of benzene rings is 1. The van der Waals surface area contributed by atoms with Gasteiger partial charge in [0.25, 0.3) is 5.56 Å². The van der Waals surface area contributed by atoms with Crippen LogP contribution in [0.25, 0.3) is 0 Å². The molecule has 0 amide bonds. The summed E-state index contributed by atoms with van der Waals surface area (Å²) >= 11 is 7.62. The number of nitrogens with two attached hydrogens (primary N) is 1. The van der Waals surface area contributed by atoms with Gasteiger partial charge in [0.15, 0.2) is 5.16 Å². The Kier molecular flexibility index (Phi) is 5.23. The van der Waals surface area contributed by atoms with Crippen molar-refractivity contribution in [1.29, 1.82) is 0 Å². The molecule has 0 bridgehead atoms. The van der Waals surface area contributed by atoms with Gasteiger partial charge < -0.3 is 10.7 Å². The molecule has 1 aromatic heterocycles. The molecule has 0 fully saturated rings. The van der Waals surface area contributed by atoms with Crippen LogP contribution >= 0.6 is 23.4 Å². The number of halogens is 1. The van der Waals surface area contributed by atoms with Crippen molar-refractivity contribution in [1.82, 2.24) is 9.97 Å². The molecular formula is C14H16ClN3OS. The molecule has 1 unspecified atom stereocenters. The van der Waals surface area contributed by atoms with Crippen LogP contribution in [0, 0.1) is 0 Å². The van der Waals surface area contributed by atoms with Gasteiger partial charge in [-0.05, 0) is 36.2 Å². The number of aromatic nitrogens is 2. The quantitative estimate of drug-likeness (QED) is 0.833. The molecule has 6 heteroatoms. The van der Waals surface area contributed by atoms with E-state index < -0.39 is 0 Å². The number of hydrogen-bond acceptors (Lipinski definition) is 4. The zero-order valence-electron chi connectivity index (χ0n) is 11.1. The largest absolute Gasteiger partial charge is 0.327 e. The summed E-state index contributed by atoms with van der Waals surface area (Å²) in [5.74, 6) is 0. The van der Waals surface area contributed by atoms with E-state index in [1.807, 2.05) is 18.2 Å². The predicted molar refractivity (Wildman–Crippen MR) is 82.4 cm³/mol. The smallest absolute Gasteiger partial charge is 0.251 e. The highest BCUT2D eigenvalue weighted by Crippen LogP contribution is 2.34. The second-order valence-electron chi connectivity index (χ2n) is 4.44. The van der Waals surface area contributed by atoms with Gasteiger partial charge in [-0.15, -0.1) is 0 Å². The van der Waals surface area contributed by atoms with E-state index in [1.165, 1.54) is 24.0 Å². The van der Waals surface area contributed by atoms with E-state index in [2.05, 4.69) is 16.9 Å². The van der Waals surface area contributed by atoms with Gasteiger partial charge in [0.2, 0.25) is 0 Å². The van der Waals surface area contributed by atoms with Crippen molar-refractivity contribution in [3.05, 3.63) is 51.4 Å². The molecule has 4 nitrogen and oxygen atoms in total. The van der Waals surface area contributed by atoms with E-state index in [0.717, 1.165) is 23.3 Å². The second kappa shape index (κ2) is 6.92. The number of nitrogens with one attached hydrogen (secondary N) is 1. The molecule has 3 N–H and O–H groups in total. The van der Waals surface area contributed by atoms with Crippen LogP contribution in [0.4, 0.5) is 0 Å². The summed E-state index contributed by atoms with van der Waals surface area (Å²) in [4.78, 5) is 19.0. The molecular weight excluding hydrogens is 294 g/mol. The second-order valence-corrected chi connectivity index (χ2v) is 5.85. The minimum absolute atomic E-state index is 0.0931. The Morgan fingerprint density at radius 2 is 2.25 bits per heavy atom. The molecule has 0 aliphatic rings. The lowest BCUT2D eigenvalue weighted by molar-refractivity contribution is 0.641.